The molecule has 1 aliphatic carbocycles. The van der Waals surface area contributed by atoms with E-state index in [4.69, 9.17) is 16.0 Å². The molecule has 0 amide bonds. The number of hydrogen-bond acceptors (Lipinski definition) is 4. The first kappa shape index (κ1) is 21.2. The maximum atomic E-state index is 12.9. The molecule has 1 fully saturated rings. The molecule has 2 aromatic carbocycles. The highest BCUT2D eigenvalue weighted by molar-refractivity contribution is 7.92. The van der Waals surface area contributed by atoms with E-state index in [0.717, 1.165) is 17.9 Å². The molecule has 160 valence electrons. The van der Waals surface area contributed by atoms with E-state index < -0.39 is 10.0 Å². The molecule has 2 N–H and O–H groups in total. The molecule has 30 heavy (non-hydrogen) atoms. The van der Waals surface area contributed by atoms with Crippen molar-refractivity contribution in [2.24, 2.45) is 5.92 Å². The number of para-hydroxylation sites is 1. The Labute approximate surface area is 182 Å². The van der Waals surface area contributed by atoms with E-state index in [2.05, 4.69) is 17.0 Å². The van der Waals surface area contributed by atoms with E-state index >= 15 is 0 Å². The Kier molecular flexibility index (Phi) is 6.37. The Balaban J connectivity index is 1.47. The monoisotopic (exact) mass is 446 g/mol. The molecule has 1 heterocycles. The zero-order valence-electron chi connectivity index (χ0n) is 17.0. The van der Waals surface area contributed by atoms with Gasteiger partial charge < -0.3 is 9.73 Å². The van der Waals surface area contributed by atoms with Crippen LogP contribution in [0.5, 0.6) is 0 Å². The van der Waals surface area contributed by atoms with Crippen molar-refractivity contribution in [3.63, 3.8) is 0 Å². The Bertz CT molecular complexity index is 1120. The summed E-state index contributed by atoms with van der Waals surface area (Å²) in [4.78, 5) is 0. The van der Waals surface area contributed by atoms with E-state index in [1.165, 1.54) is 31.7 Å². The number of furan rings is 1. The minimum atomic E-state index is -3.86. The molecule has 7 heteroatoms. The Morgan fingerprint density at radius 3 is 2.70 bits per heavy atom. The van der Waals surface area contributed by atoms with Crippen molar-refractivity contribution in [2.75, 3.05) is 4.72 Å². The molecule has 0 aliphatic heterocycles. The molecule has 4 rings (SSSR count). The van der Waals surface area contributed by atoms with Gasteiger partial charge in [-0.3, -0.25) is 4.72 Å². The van der Waals surface area contributed by atoms with Gasteiger partial charge in [-0.05, 0) is 49.1 Å². The molecular formula is C23H27ClN2O3S. The van der Waals surface area contributed by atoms with Gasteiger partial charge in [-0.25, -0.2) is 0 Å². The zero-order valence-corrected chi connectivity index (χ0v) is 18.6. The molecule has 1 atom stereocenters. The van der Waals surface area contributed by atoms with E-state index in [9.17, 15) is 8.42 Å². The quantitative estimate of drug-likeness (QED) is 0.448. The molecular weight excluding hydrogens is 420 g/mol. The fraction of sp³-hybridized carbons (Fsp3) is 0.391. The van der Waals surface area contributed by atoms with Crippen LogP contribution < -0.4 is 10.0 Å². The van der Waals surface area contributed by atoms with E-state index in [1.54, 1.807) is 24.3 Å². The SMILES string of the molecule is C[C@@H](CC1CCCC1)NCc1ccccc1NS(=O)(=O)c1cc2cc(Cl)ccc2o1. The van der Waals surface area contributed by atoms with Crippen LogP contribution in [-0.2, 0) is 16.6 Å². The lowest BCUT2D eigenvalue weighted by Gasteiger charge is -2.19. The Morgan fingerprint density at radius 1 is 1.13 bits per heavy atom. The molecule has 1 saturated carbocycles. The summed E-state index contributed by atoms with van der Waals surface area (Å²) in [7, 11) is -3.86. The van der Waals surface area contributed by atoms with E-state index in [0.29, 0.717) is 34.3 Å². The summed E-state index contributed by atoms with van der Waals surface area (Å²) in [5.41, 5.74) is 1.94. The van der Waals surface area contributed by atoms with Gasteiger partial charge in [0.05, 0.1) is 5.69 Å². The van der Waals surface area contributed by atoms with Gasteiger partial charge in [0.25, 0.3) is 10.0 Å². The second-order valence-electron chi connectivity index (χ2n) is 8.18. The minimum Gasteiger partial charge on any atom is -0.443 e. The van der Waals surface area contributed by atoms with Crippen LogP contribution in [0.1, 0.15) is 44.6 Å². The van der Waals surface area contributed by atoms with Gasteiger partial charge in [0.2, 0.25) is 5.09 Å². The molecule has 0 unspecified atom stereocenters. The Hall–Kier alpha value is -2.02. The van der Waals surface area contributed by atoms with E-state index in [-0.39, 0.29) is 5.09 Å². The first-order valence-corrected chi connectivity index (χ1v) is 12.3. The van der Waals surface area contributed by atoms with Crippen LogP contribution in [0.2, 0.25) is 5.02 Å². The largest absolute Gasteiger partial charge is 0.443 e. The van der Waals surface area contributed by atoms with Gasteiger partial charge in [-0.2, -0.15) is 8.42 Å². The van der Waals surface area contributed by atoms with Gasteiger partial charge in [-0.1, -0.05) is 55.5 Å². The third-order valence-corrected chi connectivity index (χ3v) is 7.24. The number of anilines is 1. The van der Waals surface area contributed by atoms with Crippen molar-refractivity contribution in [2.45, 2.75) is 56.7 Å². The van der Waals surface area contributed by atoms with Crippen molar-refractivity contribution in [1.82, 2.24) is 5.32 Å². The fourth-order valence-corrected chi connectivity index (χ4v) is 5.46. The molecule has 0 spiro atoms. The van der Waals surface area contributed by atoms with Gasteiger partial charge in [0.1, 0.15) is 5.58 Å². The smallest absolute Gasteiger partial charge is 0.295 e. The number of benzene rings is 2. The van der Waals surface area contributed by atoms with Crippen molar-refractivity contribution in [3.05, 3.63) is 59.1 Å². The number of halogens is 1. The third-order valence-electron chi connectivity index (χ3n) is 5.78. The average Bonchev–Trinajstić information content (AvgIpc) is 3.36. The lowest BCUT2D eigenvalue weighted by Crippen LogP contribution is -2.28. The molecule has 1 aromatic heterocycles. The summed E-state index contributed by atoms with van der Waals surface area (Å²) in [6, 6.07) is 14.4. The highest BCUT2D eigenvalue weighted by Gasteiger charge is 2.22. The molecule has 0 bridgehead atoms. The summed E-state index contributed by atoms with van der Waals surface area (Å²) in [6.45, 7) is 2.80. The van der Waals surface area contributed by atoms with Crippen LogP contribution in [0.15, 0.2) is 58.0 Å². The third kappa shape index (κ3) is 4.99. The van der Waals surface area contributed by atoms with Crippen molar-refractivity contribution in [1.29, 1.82) is 0 Å². The van der Waals surface area contributed by atoms with Crippen LogP contribution in [0.25, 0.3) is 11.0 Å². The summed E-state index contributed by atoms with van der Waals surface area (Å²) >= 11 is 5.99. The summed E-state index contributed by atoms with van der Waals surface area (Å²) in [5, 5.41) is 4.60. The summed E-state index contributed by atoms with van der Waals surface area (Å²) < 4.78 is 34.1. The number of nitrogens with one attached hydrogen (secondary N) is 2. The minimum absolute atomic E-state index is 0.128. The topological polar surface area (TPSA) is 71.3 Å². The van der Waals surface area contributed by atoms with Crippen molar-refractivity contribution in [3.8, 4) is 0 Å². The average molecular weight is 447 g/mol. The van der Waals surface area contributed by atoms with Gasteiger partial charge in [-0.15, -0.1) is 0 Å². The van der Waals surface area contributed by atoms with Gasteiger partial charge >= 0.3 is 0 Å². The zero-order chi connectivity index (χ0) is 21.1. The maximum Gasteiger partial charge on any atom is 0.295 e. The first-order chi connectivity index (χ1) is 14.4. The van der Waals surface area contributed by atoms with Crippen LogP contribution in [0, 0.1) is 5.92 Å². The normalized spacial score (nSPS) is 16.2. The van der Waals surface area contributed by atoms with Gasteiger partial charge in [0, 0.05) is 29.1 Å². The number of hydrogen-bond donors (Lipinski definition) is 2. The highest BCUT2D eigenvalue weighted by atomic mass is 35.5. The number of rotatable bonds is 8. The summed E-state index contributed by atoms with van der Waals surface area (Å²) in [6.07, 6.45) is 6.50. The molecule has 5 nitrogen and oxygen atoms in total. The van der Waals surface area contributed by atoms with Crippen molar-refractivity contribution < 1.29 is 12.8 Å². The van der Waals surface area contributed by atoms with Crippen LogP contribution in [-0.4, -0.2) is 14.5 Å². The predicted octanol–water partition coefficient (Wildman–Crippen LogP) is 5.95. The van der Waals surface area contributed by atoms with E-state index in [1.807, 2.05) is 18.2 Å². The van der Waals surface area contributed by atoms with Crippen LogP contribution in [0.3, 0.4) is 0 Å². The molecule has 0 saturated heterocycles. The lowest BCUT2D eigenvalue weighted by atomic mass is 9.99. The standard InChI is InChI=1S/C23H27ClN2O3S/c1-16(12-17-6-2-3-7-17)25-15-18-8-4-5-9-21(18)26-30(27,28)23-14-19-13-20(24)10-11-22(19)29-23/h4-5,8-11,13-14,16-17,25-26H,2-3,6-7,12,15H2,1H3/t16-/m0/s1. The maximum absolute atomic E-state index is 12.9. The second kappa shape index (κ2) is 9.00. The predicted molar refractivity (Wildman–Crippen MR) is 121 cm³/mol. The fourth-order valence-electron chi connectivity index (χ4n) is 4.20. The number of sulfonamides is 1. The molecule has 3 aromatic rings. The van der Waals surface area contributed by atoms with Crippen molar-refractivity contribution >= 4 is 38.3 Å². The van der Waals surface area contributed by atoms with Crippen LogP contribution >= 0.6 is 11.6 Å². The van der Waals surface area contributed by atoms with Crippen LogP contribution in [0.4, 0.5) is 5.69 Å². The van der Waals surface area contributed by atoms with Gasteiger partial charge in [0.15, 0.2) is 0 Å². The number of fused-ring (bicyclic) bond motifs is 1. The molecule has 1 aliphatic rings. The first-order valence-electron chi connectivity index (χ1n) is 10.4. The highest BCUT2D eigenvalue weighted by Crippen LogP contribution is 2.29. The second-order valence-corrected chi connectivity index (χ2v) is 10.2. The Morgan fingerprint density at radius 2 is 1.90 bits per heavy atom. The lowest BCUT2D eigenvalue weighted by molar-refractivity contribution is 0.404. The summed E-state index contributed by atoms with van der Waals surface area (Å²) in [5.74, 6) is 0.808. The molecule has 0 radical (unpaired) electrons.